The summed E-state index contributed by atoms with van der Waals surface area (Å²) in [5.74, 6) is 0.291. The SMILES string of the molecule is C=CCCCCC(C=O)CC. The lowest BCUT2D eigenvalue weighted by Gasteiger charge is -2.04. The monoisotopic (exact) mass is 154 g/mol. The normalized spacial score (nSPS) is 12.5. The van der Waals surface area contributed by atoms with Gasteiger partial charge in [0.1, 0.15) is 6.29 Å². The molecule has 1 nitrogen and oxygen atoms in total. The highest BCUT2D eigenvalue weighted by molar-refractivity contribution is 5.53. The second-order valence-electron chi connectivity index (χ2n) is 2.88. The summed E-state index contributed by atoms with van der Waals surface area (Å²) in [4.78, 5) is 10.4. The van der Waals surface area contributed by atoms with E-state index in [-0.39, 0.29) is 0 Å². The second kappa shape index (κ2) is 7.52. The Morgan fingerprint density at radius 2 is 2.18 bits per heavy atom. The van der Waals surface area contributed by atoms with Gasteiger partial charge in [0.15, 0.2) is 0 Å². The molecule has 0 aliphatic heterocycles. The van der Waals surface area contributed by atoms with Crippen LogP contribution in [0.15, 0.2) is 12.7 Å². The molecule has 1 heteroatoms. The van der Waals surface area contributed by atoms with E-state index >= 15 is 0 Å². The summed E-state index contributed by atoms with van der Waals surface area (Å²) in [5, 5.41) is 0. The molecule has 0 aliphatic rings. The fourth-order valence-corrected chi connectivity index (χ4v) is 1.06. The van der Waals surface area contributed by atoms with Gasteiger partial charge in [-0.3, -0.25) is 0 Å². The highest BCUT2D eigenvalue weighted by Gasteiger charge is 2.02. The van der Waals surface area contributed by atoms with Crippen molar-refractivity contribution in [2.45, 2.75) is 39.0 Å². The maximum absolute atomic E-state index is 10.4. The Morgan fingerprint density at radius 1 is 1.45 bits per heavy atom. The van der Waals surface area contributed by atoms with Crippen molar-refractivity contribution in [2.75, 3.05) is 0 Å². The molecule has 0 bridgehead atoms. The van der Waals surface area contributed by atoms with Crippen LogP contribution in [-0.2, 0) is 4.79 Å². The van der Waals surface area contributed by atoms with Crippen molar-refractivity contribution in [3.63, 3.8) is 0 Å². The zero-order chi connectivity index (χ0) is 8.53. The first kappa shape index (κ1) is 10.4. The molecule has 0 aromatic rings. The van der Waals surface area contributed by atoms with Gasteiger partial charge in [0.2, 0.25) is 0 Å². The first-order valence-corrected chi connectivity index (χ1v) is 4.41. The van der Waals surface area contributed by atoms with Crippen molar-refractivity contribution in [3.8, 4) is 0 Å². The van der Waals surface area contributed by atoms with Crippen molar-refractivity contribution in [1.29, 1.82) is 0 Å². The lowest BCUT2D eigenvalue weighted by molar-refractivity contribution is -0.111. The van der Waals surface area contributed by atoms with Crippen molar-refractivity contribution in [3.05, 3.63) is 12.7 Å². The molecule has 0 rings (SSSR count). The molecule has 0 aromatic heterocycles. The van der Waals surface area contributed by atoms with Gasteiger partial charge >= 0.3 is 0 Å². The molecule has 64 valence electrons. The summed E-state index contributed by atoms with van der Waals surface area (Å²) < 4.78 is 0. The summed E-state index contributed by atoms with van der Waals surface area (Å²) in [6, 6.07) is 0. The minimum atomic E-state index is 0.291. The highest BCUT2D eigenvalue weighted by Crippen LogP contribution is 2.10. The maximum atomic E-state index is 10.4. The quantitative estimate of drug-likeness (QED) is 0.313. The standard InChI is InChI=1S/C10H18O/c1-3-5-6-7-8-10(4-2)9-11/h3,9-10H,1,4-8H2,2H3. The predicted molar refractivity (Wildman–Crippen MR) is 48.5 cm³/mol. The van der Waals surface area contributed by atoms with Crippen LogP contribution in [0.3, 0.4) is 0 Å². The second-order valence-corrected chi connectivity index (χ2v) is 2.88. The van der Waals surface area contributed by atoms with Gasteiger partial charge in [-0.05, 0) is 25.7 Å². The number of carbonyl (C=O) groups is 1. The first-order chi connectivity index (χ1) is 5.35. The number of rotatable bonds is 7. The number of unbranched alkanes of at least 4 members (excludes halogenated alkanes) is 2. The Kier molecular flexibility index (Phi) is 7.11. The fraction of sp³-hybridized carbons (Fsp3) is 0.700. The summed E-state index contributed by atoms with van der Waals surface area (Å²) in [6.45, 7) is 5.71. The van der Waals surface area contributed by atoms with Gasteiger partial charge in [0, 0.05) is 5.92 Å². The average Bonchev–Trinajstić information content (AvgIpc) is 2.05. The molecule has 0 saturated carbocycles. The predicted octanol–water partition coefficient (Wildman–Crippen LogP) is 2.96. The molecule has 0 N–H and O–H groups in total. The summed E-state index contributed by atoms with van der Waals surface area (Å²) in [6.07, 6.45) is 8.45. The first-order valence-electron chi connectivity index (χ1n) is 4.41. The molecule has 0 saturated heterocycles. The summed E-state index contributed by atoms with van der Waals surface area (Å²) in [7, 11) is 0. The summed E-state index contributed by atoms with van der Waals surface area (Å²) in [5.41, 5.74) is 0. The van der Waals surface area contributed by atoms with Gasteiger partial charge < -0.3 is 4.79 Å². The van der Waals surface area contributed by atoms with Gasteiger partial charge in [0.25, 0.3) is 0 Å². The van der Waals surface area contributed by atoms with Gasteiger partial charge in [0.05, 0.1) is 0 Å². The van der Waals surface area contributed by atoms with Gasteiger partial charge in [-0.1, -0.05) is 19.4 Å². The Bertz CT molecular complexity index is 107. The van der Waals surface area contributed by atoms with Crippen molar-refractivity contribution in [1.82, 2.24) is 0 Å². The molecule has 0 heterocycles. The molecular formula is C10H18O. The van der Waals surface area contributed by atoms with Crippen LogP contribution < -0.4 is 0 Å². The number of hydrogen-bond donors (Lipinski definition) is 0. The lowest BCUT2D eigenvalue weighted by atomic mass is 10.0. The van der Waals surface area contributed by atoms with Crippen molar-refractivity contribution in [2.24, 2.45) is 5.92 Å². The Balaban J connectivity index is 3.20. The fourth-order valence-electron chi connectivity index (χ4n) is 1.06. The van der Waals surface area contributed by atoms with E-state index in [1.54, 1.807) is 0 Å². The van der Waals surface area contributed by atoms with Crippen LogP contribution in [0.5, 0.6) is 0 Å². The van der Waals surface area contributed by atoms with Crippen LogP contribution in [0.2, 0.25) is 0 Å². The number of aldehydes is 1. The number of allylic oxidation sites excluding steroid dienone is 1. The van der Waals surface area contributed by atoms with Crippen LogP contribution in [0.25, 0.3) is 0 Å². The smallest absolute Gasteiger partial charge is 0.123 e. The van der Waals surface area contributed by atoms with E-state index in [0.29, 0.717) is 5.92 Å². The van der Waals surface area contributed by atoms with E-state index < -0.39 is 0 Å². The van der Waals surface area contributed by atoms with Crippen molar-refractivity contribution < 1.29 is 4.79 Å². The summed E-state index contributed by atoms with van der Waals surface area (Å²) >= 11 is 0. The van der Waals surface area contributed by atoms with Gasteiger partial charge in [-0.2, -0.15) is 0 Å². The van der Waals surface area contributed by atoms with Gasteiger partial charge in [-0.15, -0.1) is 6.58 Å². The topological polar surface area (TPSA) is 17.1 Å². The van der Waals surface area contributed by atoms with E-state index in [2.05, 4.69) is 13.5 Å². The number of hydrogen-bond acceptors (Lipinski definition) is 1. The Hall–Kier alpha value is -0.590. The van der Waals surface area contributed by atoms with E-state index in [1.807, 2.05) is 6.08 Å². The largest absolute Gasteiger partial charge is 0.303 e. The Labute approximate surface area is 69.5 Å². The molecule has 0 radical (unpaired) electrons. The molecule has 0 amide bonds. The van der Waals surface area contributed by atoms with E-state index in [1.165, 1.54) is 6.42 Å². The van der Waals surface area contributed by atoms with E-state index in [9.17, 15) is 4.79 Å². The lowest BCUT2D eigenvalue weighted by Crippen LogP contribution is -1.99. The zero-order valence-electron chi connectivity index (χ0n) is 7.38. The average molecular weight is 154 g/mol. The molecule has 1 atom stereocenters. The zero-order valence-corrected chi connectivity index (χ0v) is 7.38. The van der Waals surface area contributed by atoms with Crippen LogP contribution in [0.4, 0.5) is 0 Å². The minimum absolute atomic E-state index is 0.291. The van der Waals surface area contributed by atoms with E-state index in [0.717, 1.165) is 32.0 Å². The molecule has 1 unspecified atom stereocenters. The highest BCUT2D eigenvalue weighted by atomic mass is 16.1. The third-order valence-electron chi connectivity index (χ3n) is 1.95. The molecule has 0 aromatic carbocycles. The van der Waals surface area contributed by atoms with Gasteiger partial charge in [-0.25, -0.2) is 0 Å². The van der Waals surface area contributed by atoms with E-state index in [4.69, 9.17) is 0 Å². The maximum Gasteiger partial charge on any atom is 0.123 e. The molecule has 0 fully saturated rings. The van der Waals surface area contributed by atoms with Crippen LogP contribution in [0.1, 0.15) is 39.0 Å². The number of carbonyl (C=O) groups excluding carboxylic acids is 1. The molecular weight excluding hydrogens is 136 g/mol. The molecule has 0 aliphatic carbocycles. The Morgan fingerprint density at radius 3 is 2.64 bits per heavy atom. The third-order valence-corrected chi connectivity index (χ3v) is 1.95. The van der Waals surface area contributed by atoms with Crippen LogP contribution in [0, 0.1) is 5.92 Å². The molecule has 11 heavy (non-hydrogen) atoms. The third kappa shape index (κ3) is 5.84. The molecule has 0 spiro atoms. The van der Waals surface area contributed by atoms with Crippen LogP contribution >= 0.6 is 0 Å². The van der Waals surface area contributed by atoms with Crippen molar-refractivity contribution >= 4 is 6.29 Å². The minimum Gasteiger partial charge on any atom is -0.303 e. The van der Waals surface area contributed by atoms with Crippen LogP contribution in [-0.4, -0.2) is 6.29 Å².